The summed E-state index contributed by atoms with van der Waals surface area (Å²) in [6, 6.07) is -3.99. The lowest BCUT2D eigenvalue weighted by atomic mass is 9.81. The van der Waals surface area contributed by atoms with Crippen molar-refractivity contribution in [2.45, 2.75) is 157 Å². The van der Waals surface area contributed by atoms with Gasteiger partial charge in [0.2, 0.25) is 29.5 Å². The minimum absolute atomic E-state index is 0.0302. The Balaban J connectivity index is 3.14. The first-order valence-corrected chi connectivity index (χ1v) is 17.5. The van der Waals surface area contributed by atoms with Gasteiger partial charge in [-0.1, -0.05) is 74.7 Å². The molecule has 0 aromatic rings. The number of hydrogen-bond donors (Lipinski definition) is 5. The molecular weight excluding hydrogens is 602 g/mol. The topological polar surface area (TPSA) is 172 Å². The van der Waals surface area contributed by atoms with Crippen molar-refractivity contribution in [3.05, 3.63) is 0 Å². The Labute approximate surface area is 282 Å². The van der Waals surface area contributed by atoms with Gasteiger partial charge in [0.25, 0.3) is 0 Å². The molecule has 5 amide bonds. The van der Waals surface area contributed by atoms with E-state index in [1.54, 1.807) is 13.8 Å². The summed E-state index contributed by atoms with van der Waals surface area (Å²) in [4.78, 5) is 78.2. The van der Waals surface area contributed by atoms with Gasteiger partial charge in [-0.15, -0.1) is 0 Å². The molecule has 1 rings (SSSR count). The highest BCUT2D eigenvalue weighted by molar-refractivity contribution is 5.95. The van der Waals surface area contributed by atoms with Crippen LogP contribution in [0.4, 0.5) is 0 Å². The molecule has 1 heterocycles. The Bertz CT molecular complexity index is 1060. The van der Waals surface area contributed by atoms with Gasteiger partial charge >= 0.3 is 5.97 Å². The third-order valence-electron chi connectivity index (χ3n) is 8.48. The molecule has 0 aromatic heterocycles. The number of carbonyl (C=O) groups excluding carboxylic acids is 6. The fraction of sp³-hybridized carbons (Fsp3) is 0.829. The summed E-state index contributed by atoms with van der Waals surface area (Å²) in [5, 5.41) is 13.2. The molecule has 5 N–H and O–H groups in total. The lowest BCUT2D eigenvalue weighted by Crippen LogP contribution is -2.58. The Morgan fingerprint density at radius 2 is 1.34 bits per heavy atom. The van der Waals surface area contributed by atoms with Gasteiger partial charge in [-0.2, -0.15) is 0 Å². The molecule has 1 aliphatic rings. The Hall–Kier alpha value is -3.18. The zero-order chi connectivity index (χ0) is 35.9. The highest BCUT2D eigenvalue weighted by atomic mass is 16.5. The number of ether oxygens (including phenoxy) is 1. The molecule has 270 valence electrons. The first-order chi connectivity index (χ1) is 21.8. The quantitative estimate of drug-likeness (QED) is 0.157. The van der Waals surface area contributed by atoms with E-state index in [1.807, 2.05) is 13.8 Å². The fourth-order valence-corrected chi connectivity index (χ4v) is 5.52. The van der Waals surface area contributed by atoms with Crippen molar-refractivity contribution in [2.24, 2.45) is 23.2 Å². The van der Waals surface area contributed by atoms with Crippen molar-refractivity contribution >= 4 is 35.5 Å². The average Bonchev–Trinajstić information content (AvgIpc) is 2.95. The summed E-state index contributed by atoms with van der Waals surface area (Å²) in [5.41, 5.74) is 0.0881. The number of unbranched alkanes of at least 4 members (excludes halogenated alkanes) is 1. The largest absolute Gasteiger partial charge is 0.460 e. The molecule has 0 unspecified atom stereocenters. The second-order valence-corrected chi connectivity index (χ2v) is 15.2. The number of amides is 5. The van der Waals surface area contributed by atoms with E-state index in [9.17, 15) is 28.8 Å². The van der Waals surface area contributed by atoms with E-state index in [-0.39, 0.29) is 30.2 Å². The van der Waals surface area contributed by atoms with Crippen LogP contribution in [0, 0.1) is 23.2 Å². The van der Waals surface area contributed by atoms with E-state index < -0.39 is 65.8 Å². The summed E-state index contributed by atoms with van der Waals surface area (Å²) in [7, 11) is 0. The van der Waals surface area contributed by atoms with Gasteiger partial charge in [0.1, 0.15) is 30.3 Å². The van der Waals surface area contributed by atoms with Gasteiger partial charge in [-0.25, -0.2) is 4.79 Å². The first kappa shape index (κ1) is 41.8. The Morgan fingerprint density at radius 1 is 0.723 bits per heavy atom. The minimum atomic E-state index is -1.05. The van der Waals surface area contributed by atoms with Crippen LogP contribution < -0.4 is 26.6 Å². The molecule has 1 aliphatic heterocycles. The number of rotatable bonds is 12. The van der Waals surface area contributed by atoms with Crippen LogP contribution in [0.15, 0.2) is 0 Å². The second-order valence-electron chi connectivity index (χ2n) is 15.2. The molecule has 0 spiro atoms. The normalized spacial score (nSPS) is 24.8. The molecule has 0 aromatic carbocycles. The van der Waals surface area contributed by atoms with E-state index in [1.165, 1.54) is 26.7 Å². The van der Waals surface area contributed by atoms with Crippen LogP contribution >= 0.6 is 0 Å². The highest BCUT2D eigenvalue weighted by Gasteiger charge is 2.32. The molecule has 0 saturated carbocycles. The zero-order valence-electron chi connectivity index (χ0n) is 30.5. The third kappa shape index (κ3) is 17.0. The maximum Gasteiger partial charge on any atom is 0.328 e. The van der Waals surface area contributed by atoms with Crippen molar-refractivity contribution in [2.75, 3.05) is 6.54 Å². The van der Waals surface area contributed by atoms with Crippen LogP contribution in [0.2, 0.25) is 0 Å². The molecule has 47 heavy (non-hydrogen) atoms. The van der Waals surface area contributed by atoms with E-state index >= 15 is 0 Å². The zero-order valence-corrected chi connectivity index (χ0v) is 30.5. The van der Waals surface area contributed by atoms with Gasteiger partial charge in [0, 0.05) is 0 Å². The fourth-order valence-electron chi connectivity index (χ4n) is 5.52. The summed E-state index contributed by atoms with van der Waals surface area (Å²) in [6.45, 7) is 18.8. The van der Waals surface area contributed by atoms with Crippen LogP contribution in [0.1, 0.15) is 127 Å². The lowest BCUT2D eigenvalue weighted by molar-refractivity contribution is -0.154. The molecule has 5 atom stereocenters. The number of nitrogens with one attached hydrogen (secondary N) is 5. The SMILES string of the molecule is CC(C)CCCCC(C)(C)CCC[C@@H]1CC(=O)NCC(=O)N[C@@H](C(C)C)C(=O)N[C@H](CC(C)C)C(=O)N[C@H](C)C(=O)N[C@@H](C)C(=O)O1. The summed E-state index contributed by atoms with van der Waals surface area (Å²) < 4.78 is 5.74. The highest BCUT2D eigenvalue weighted by Crippen LogP contribution is 2.31. The van der Waals surface area contributed by atoms with Crippen molar-refractivity contribution in [3.63, 3.8) is 0 Å². The number of esters is 1. The Morgan fingerprint density at radius 3 is 1.94 bits per heavy atom. The van der Waals surface area contributed by atoms with Crippen molar-refractivity contribution < 1.29 is 33.5 Å². The Kier molecular flexibility index (Phi) is 18.0. The molecule has 0 radical (unpaired) electrons. The van der Waals surface area contributed by atoms with Gasteiger partial charge in [0.05, 0.1) is 13.0 Å². The molecule has 0 aliphatic carbocycles. The maximum absolute atomic E-state index is 13.3. The first-order valence-electron chi connectivity index (χ1n) is 17.5. The molecule has 12 heteroatoms. The minimum Gasteiger partial charge on any atom is -0.460 e. The van der Waals surface area contributed by atoms with Crippen molar-refractivity contribution in [3.8, 4) is 0 Å². The third-order valence-corrected chi connectivity index (χ3v) is 8.48. The van der Waals surface area contributed by atoms with Crippen molar-refractivity contribution in [1.82, 2.24) is 26.6 Å². The molecular formula is C35H63N5O7. The number of cyclic esters (lactones) is 1. The van der Waals surface area contributed by atoms with Gasteiger partial charge in [0.15, 0.2) is 0 Å². The summed E-state index contributed by atoms with van der Waals surface area (Å²) >= 11 is 0. The van der Waals surface area contributed by atoms with E-state index in [2.05, 4.69) is 54.3 Å². The van der Waals surface area contributed by atoms with Gasteiger partial charge in [-0.3, -0.25) is 24.0 Å². The van der Waals surface area contributed by atoms with Crippen LogP contribution in [0.25, 0.3) is 0 Å². The summed E-state index contributed by atoms with van der Waals surface area (Å²) in [5.74, 6) is -3.08. The molecule has 1 saturated heterocycles. The smallest absolute Gasteiger partial charge is 0.328 e. The van der Waals surface area contributed by atoms with Crippen molar-refractivity contribution in [1.29, 1.82) is 0 Å². The average molecular weight is 666 g/mol. The predicted octanol–water partition coefficient (Wildman–Crippen LogP) is 3.51. The van der Waals surface area contributed by atoms with E-state index in [4.69, 9.17) is 4.74 Å². The molecule has 1 fully saturated rings. The van der Waals surface area contributed by atoms with Crippen LogP contribution in [-0.2, 0) is 33.5 Å². The van der Waals surface area contributed by atoms with Crippen LogP contribution in [0.3, 0.4) is 0 Å². The predicted molar refractivity (Wildman–Crippen MR) is 182 cm³/mol. The number of carbonyl (C=O) groups is 6. The van der Waals surface area contributed by atoms with Crippen LogP contribution in [-0.4, -0.2) is 72.3 Å². The molecule has 0 bridgehead atoms. The van der Waals surface area contributed by atoms with Gasteiger partial charge in [-0.05, 0) is 69.1 Å². The maximum atomic E-state index is 13.3. The molecule has 12 nitrogen and oxygen atoms in total. The standard InChI is InChI=1S/C35H63N5O7/c1-21(2)14-11-12-16-35(9,10)17-13-15-26-19-28(41)36-20-29(42)40-30(23(5)6)33(45)39-27(18-22(3)4)32(44)37-24(7)31(43)38-25(8)34(46)47-26/h21-27,30H,11-20H2,1-10H3,(H,36,41)(H,37,44)(H,38,43)(H,39,45)(H,40,42)/t24-,25+,26-,27-,30+/m1/s1. The van der Waals surface area contributed by atoms with Gasteiger partial charge < -0.3 is 31.3 Å². The van der Waals surface area contributed by atoms with Crippen LogP contribution in [0.5, 0.6) is 0 Å². The lowest BCUT2D eigenvalue weighted by Gasteiger charge is -2.27. The van der Waals surface area contributed by atoms with E-state index in [0.29, 0.717) is 18.8 Å². The monoisotopic (exact) mass is 665 g/mol. The number of hydrogen-bond acceptors (Lipinski definition) is 7. The van der Waals surface area contributed by atoms with E-state index in [0.717, 1.165) is 25.7 Å². The second kappa shape index (κ2) is 20.2. The summed E-state index contributed by atoms with van der Waals surface area (Å²) in [6.07, 6.45) is 5.99.